The summed E-state index contributed by atoms with van der Waals surface area (Å²) in [5.41, 5.74) is 0.937. The molecule has 1 aliphatic heterocycles. The van der Waals surface area contributed by atoms with Crippen LogP contribution in [-0.4, -0.2) is 36.8 Å². The van der Waals surface area contributed by atoms with Crippen molar-refractivity contribution >= 4 is 0 Å². The minimum atomic E-state index is -4.16. The van der Waals surface area contributed by atoms with Gasteiger partial charge in [-0.3, -0.25) is 4.90 Å². The summed E-state index contributed by atoms with van der Waals surface area (Å²) in [5, 5.41) is 3.37. The van der Waals surface area contributed by atoms with E-state index in [9.17, 15) is 13.2 Å². The molecule has 0 radical (unpaired) electrons. The Labute approximate surface area is 118 Å². The van der Waals surface area contributed by atoms with Crippen LogP contribution in [0.25, 0.3) is 0 Å². The molecule has 112 valence electrons. The average molecular weight is 286 g/mol. The van der Waals surface area contributed by atoms with E-state index in [1.807, 2.05) is 44.2 Å². The fraction of sp³-hybridized carbons (Fsp3) is 0.600. The fourth-order valence-corrected chi connectivity index (χ4v) is 2.69. The average Bonchev–Trinajstić information content (AvgIpc) is 2.37. The molecule has 1 aromatic rings. The summed E-state index contributed by atoms with van der Waals surface area (Å²) in [4.78, 5) is 1.55. The summed E-state index contributed by atoms with van der Waals surface area (Å²) < 4.78 is 38.4. The van der Waals surface area contributed by atoms with Crippen LogP contribution < -0.4 is 5.32 Å². The third kappa shape index (κ3) is 3.96. The van der Waals surface area contributed by atoms with Crippen molar-refractivity contribution in [2.75, 3.05) is 19.6 Å². The van der Waals surface area contributed by atoms with E-state index in [-0.39, 0.29) is 12.1 Å². The highest BCUT2D eigenvalue weighted by Crippen LogP contribution is 2.29. The van der Waals surface area contributed by atoms with Crippen LogP contribution in [0.5, 0.6) is 0 Å². The van der Waals surface area contributed by atoms with E-state index in [0.717, 1.165) is 5.56 Å². The summed E-state index contributed by atoms with van der Waals surface area (Å²) in [7, 11) is 0. The highest BCUT2D eigenvalue weighted by molar-refractivity contribution is 5.20. The van der Waals surface area contributed by atoms with Crippen LogP contribution in [0, 0.1) is 5.92 Å². The molecular formula is C15H21F3N2. The molecule has 2 atom stereocenters. The first-order valence-electron chi connectivity index (χ1n) is 6.96. The zero-order valence-corrected chi connectivity index (χ0v) is 11.8. The molecule has 2 unspecified atom stereocenters. The molecule has 1 aliphatic rings. The van der Waals surface area contributed by atoms with Gasteiger partial charge < -0.3 is 5.32 Å². The molecule has 1 N–H and O–H groups in total. The lowest BCUT2D eigenvalue weighted by Crippen LogP contribution is -2.56. The minimum Gasteiger partial charge on any atom is -0.311 e. The third-order valence-corrected chi connectivity index (χ3v) is 3.82. The van der Waals surface area contributed by atoms with Gasteiger partial charge >= 0.3 is 6.18 Å². The van der Waals surface area contributed by atoms with Crippen LogP contribution in [0.15, 0.2) is 30.3 Å². The molecule has 0 amide bonds. The molecule has 1 fully saturated rings. The fourth-order valence-electron chi connectivity index (χ4n) is 2.69. The first-order valence-corrected chi connectivity index (χ1v) is 6.96. The Balaban J connectivity index is 2.17. The Hall–Kier alpha value is -1.07. The predicted molar refractivity (Wildman–Crippen MR) is 73.4 cm³/mol. The lowest BCUT2D eigenvalue weighted by atomic mass is 9.96. The van der Waals surface area contributed by atoms with Crippen molar-refractivity contribution in [3.63, 3.8) is 0 Å². The predicted octanol–water partition coefficient (Wildman–Crippen LogP) is 3.22. The van der Waals surface area contributed by atoms with E-state index in [1.54, 1.807) is 4.90 Å². The second-order valence-electron chi connectivity index (χ2n) is 5.73. The maximum absolute atomic E-state index is 12.8. The third-order valence-electron chi connectivity index (χ3n) is 3.82. The Morgan fingerprint density at radius 3 is 2.45 bits per heavy atom. The van der Waals surface area contributed by atoms with Crippen LogP contribution >= 0.6 is 0 Å². The van der Waals surface area contributed by atoms with Crippen molar-refractivity contribution in [3.8, 4) is 0 Å². The quantitative estimate of drug-likeness (QED) is 0.918. The summed E-state index contributed by atoms with van der Waals surface area (Å²) in [5.74, 6) is 0.322. The van der Waals surface area contributed by atoms with E-state index in [0.29, 0.717) is 19.0 Å². The number of hydrogen-bond donors (Lipinski definition) is 1. The molecule has 1 heterocycles. The normalized spacial score (nSPS) is 25.1. The maximum atomic E-state index is 12.8. The number of rotatable bonds is 3. The van der Waals surface area contributed by atoms with Gasteiger partial charge in [0.1, 0.15) is 0 Å². The molecule has 0 bridgehead atoms. The van der Waals surface area contributed by atoms with Gasteiger partial charge in [-0.2, -0.15) is 13.2 Å². The molecule has 2 nitrogen and oxygen atoms in total. The smallest absolute Gasteiger partial charge is 0.311 e. The Kier molecular flexibility index (Phi) is 4.70. The molecule has 0 saturated carbocycles. The first kappa shape index (κ1) is 15.3. The maximum Gasteiger partial charge on any atom is 0.401 e. The Morgan fingerprint density at radius 2 is 1.90 bits per heavy atom. The second-order valence-corrected chi connectivity index (χ2v) is 5.73. The molecule has 1 aromatic carbocycles. The van der Waals surface area contributed by atoms with Crippen LogP contribution in [0.3, 0.4) is 0 Å². The van der Waals surface area contributed by atoms with Crippen molar-refractivity contribution in [1.29, 1.82) is 0 Å². The van der Waals surface area contributed by atoms with E-state index >= 15 is 0 Å². The van der Waals surface area contributed by atoms with Crippen LogP contribution in [0.4, 0.5) is 13.2 Å². The van der Waals surface area contributed by atoms with Crippen LogP contribution in [-0.2, 0) is 0 Å². The van der Waals surface area contributed by atoms with Gasteiger partial charge in [0.15, 0.2) is 0 Å². The highest BCUT2D eigenvalue weighted by atomic mass is 19.4. The van der Waals surface area contributed by atoms with E-state index in [4.69, 9.17) is 0 Å². The van der Waals surface area contributed by atoms with Crippen molar-refractivity contribution in [1.82, 2.24) is 10.2 Å². The van der Waals surface area contributed by atoms with Crippen molar-refractivity contribution in [2.24, 2.45) is 5.92 Å². The van der Waals surface area contributed by atoms with E-state index in [1.165, 1.54) is 0 Å². The van der Waals surface area contributed by atoms with Gasteiger partial charge in [0.05, 0.1) is 6.54 Å². The zero-order chi connectivity index (χ0) is 14.8. The van der Waals surface area contributed by atoms with Crippen molar-refractivity contribution in [3.05, 3.63) is 35.9 Å². The second kappa shape index (κ2) is 6.14. The number of nitrogens with zero attached hydrogens (tertiary/aromatic N) is 1. The monoisotopic (exact) mass is 286 g/mol. The molecule has 0 aliphatic carbocycles. The number of nitrogens with one attached hydrogen (secondary N) is 1. The van der Waals surface area contributed by atoms with E-state index in [2.05, 4.69) is 5.32 Å². The summed E-state index contributed by atoms with van der Waals surface area (Å²) in [6.45, 7) is 4.20. The van der Waals surface area contributed by atoms with Crippen LogP contribution in [0.2, 0.25) is 0 Å². The highest BCUT2D eigenvalue weighted by Gasteiger charge is 2.38. The van der Waals surface area contributed by atoms with Gasteiger partial charge in [-0.25, -0.2) is 0 Å². The van der Waals surface area contributed by atoms with Gasteiger partial charge in [0.25, 0.3) is 0 Å². The lowest BCUT2D eigenvalue weighted by Gasteiger charge is -2.42. The number of piperazine rings is 1. The SMILES string of the molecule is CC(C)C1CN(CC(F)(F)F)C(c2ccccc2)CN1. The molecule has 0 aromatic heterocycles. The van der Waals surface area contributed by atoms with Gasteiger partial charge in [0, 0.05) is 25.2 Å². The lowest BCUT2D eigenvalue weighted by molar-refractivity contribution is -0.155. The van der Waals surface area contributed by atoms with Gasteiger partial charge in [-0.1, -0.05) is 44.2 Å². The molecule has 20 heavy (non-hydrogen) atoms. The summed E-state index contributed by atoms with van der Waals surface area (Å²) >= 11 is 0. The number of halogens is 3. The largest absolute Gasteiger partial charge is 0.401 e. The molecule has 5 heteroatoms. The molecular weight excluding hydrogens is 265 g/mol. The Bertz CT molecular complexity index is 417. The number of alkyl halides is 3. The van der Waals surface area contributed by atoms with Gasteiger partial charge in [-0.15, -0.1) is 0 Å². The molecule has 1 saturated heterocycles. The Morgan fingerprint density at radius 1 is 1.25 bits per heavy atom. The van der Waals surface area contributed by atoms with E-state index < -0.39 is 12.7 Å². The summed E-state index contributed by atoms with van der Waals surface area (Å²) in [6, 6.07) is 9.30. The van der Waals surface area contributed by atoms with Crippen LogP contribution in [0.1, 0.15) is 25.5 Å². The minimum absolute atomic E-state index is 0.109. The van der Waals surface area contributed by atoms with Crippen molar-refractivity contribution in [2.45, 2.75) is 32.1 Å². The van der Waals surface area contributed by atoms with Gasteiger partial charge in [-0.05, 0) is 11.5 Å². The first-order chi connectivity index (χ1) is 9.37. The van der Waals surface area contributed by atoms with Crippen molar-refractivity contribution < 1.29 is 13.2 Å². The standard InChI is InChI=1S/C15H21F3N2/c1-11(2)13-9-20(10-15(16,17)18)14(8-19-13)12-6-4-3-5-7-12/h3-7,11,13-14,19H,8-10H2,1-2H3. The summed E-state index contributed by atoms with van der Waals surface area (Å²) in [6.07, 6.45) is -4.16. The zero-order valence-electron chi connectivity index (χ0n) is 11.8. The number of hydrogen-bond acceptors (Lipinski definition) is 2. The molecule has 0 spiro atoms. The number of benzene rings is 1. The van der Waals surface area contributed by atoms with Gasteiger partial charge in [0.2, 0.25) is 0 Å². The topological polar surface area (TPSA) is 15.3 Å². The molecule has 2 rings (SSSR count).